The summed E-state index contributed by atoms with van der Waals surface area (Å²) >= 11 is 0. The molecule has 0 aromatic rings. The van der Waals surface area contributed by atoms with Crippen molar-refractivity contribution in [2.75, 3.05) is 26.7 Å². The summed E-state index contributed by atoms with van der Waals surface area (Å²) in [5.41, 5.74) is 4.85. The molecule has 2 unspecified atom stereocenters. The molecule has 2 heterocycles. The van der Waals surface area contributed by atoms with E-state index in [-0.39, 0.29) is 24.1 Å². The molecular weight excluding hydrogens is 310 g/mol. The van der Waals surface area contributed by atoms with Gasteiger partial charge in [-0.25, -0.2) is 15.1 Å². The molecule has 2 atom stereocenters. The molecule has 0 aromatic heterocycles. The summed E-state index contributed by atoms with van der Waals surface area (Å²) in [7, 11) is 1.64. The summed E-state index contributed by atoms with van der Waals surface area (Å²) in [5.74, 6) is -0.361. The second-order valence-electron chi connectivity index (χ2n) is 6.37. The minimum absolute atomic E-state index is 0.0595. The third kappa shape index (κ3) is 3.96. The zero-order valence-electron chi connectivity index (χ0n) is 14.0. The molecule has 24 heavy (non-hydrogen) atoms. The zero-order valence-corrected chi connectivity index (χ0v) is 14.0. The number of hydrogen-bond donors (Lipinski definition) is 2. The van der Waals surface area contributed by atoms with E-state index in [4.69, 9.17) is 9.57 Å². The van der Waals surface area contributed by atoms with Gasteiger partial charge in [0.15, 0.2) is 6.29 Å². The highest BCUT2D eigenvalue weighted by Crippen LogP contribution is 2.30. The number of fused-ring (bicyclic) bond motifs is 1. The highest BCUT2D eigenvalue weighted by atomic mass is 16.8. The lowest BCUT2D eigenvalue weighted by molar-refractivity contribution is -0.201. The van der Waals surface area contributed by atoms with Crippen LogP contribution in [0.5, 0.6) is 0 Å². The fourth-order valence-electron chi connectivity index (χ4n) is 3.29. The van der Waals surface area contributed by atoms with Gasteiger partial charge in [0.1, 0.15) is 0 Å². The Hall–Kier alpha value is -1.86. The molecule has 0 bridgehead atoms. The number of nitrogens with one attached hydrogen (secondary N) is 2. The van der Waals surface area contributed by atoms with Gasteiger partial charge < -0.3 is 15.0 Å². The second kappa shape index (κ2) is 7.81. The number of piperidine rings is 1. The maximum atomic E-state index is 12.3. The molecule has 2 aliphatic heterocycles. The molecule has 1 aliphatic carbocycles. The van der Waals surface area contributed by atoms with Crippen molar-refractivity contribution in [2.45, 2.75) is 38.4 Å². The minimum atomic E-state index is -0.333. The summed E-state index contributed by atoms with van der Waals surface area (Å²) in [4.78, 5) is 31.2. The van der Waals surface area contributed by atoms with Crippen LogP contribution in [0.3, 0.4) is 0 Å². The van der Waals surface area contributed by atoms with E-state index in [1.54, 1.807) is 11.9 Å². The van der Waals surface area contributed by atoms with E-state index in [0.29, 0.717) is 26.1 Å². The molecule has 3 rings (SSSR count). The molecule has 3 aliphatic rings. The first-order valence-electron chi connectivity index (χ1n) is 8.61. The molecule has 132 valence electrons. The molecule has 2 saturated heterocycles. The molecule has 0 saturated carbocycles. The van der Waals surface area contributed by atoms with Crippen molar-refractivity contribution in [1.29, 1.82) is 0 Å². The van der Waals surface area contributed by atoms with Crippen molar-refractivity contribution in [3.05, 3.63) is 23.3 Å². The van der Waals surface area contributed by atoms with E-state index < -0.39 is 0 Å². The number of likely N-dealkylation sites (tertiary alicyclic amines) is 1. The molecule has 2 fully saturated rings. The first-order chi connectivity index (χ1) is 11.7. The number of rotatable bonds is 3. The summed E-state index contributed by atoms with van der Waals surface area (Å²) in [6.45, 7) is 1.96. The Morgan fingerprint density at radius 1 is 1.33 bits per heavy atom. The Balaban J connectivity index is 1.51. The number of carbonyl (C=O) groups is 2. The Bertz CT molecular complexity index is 552. The van der Waals surface area contributed by atoms with Crippen LogP contribution in [0.15, 0.2) is 23.3 Å². The van der Waals surface area contributed by atoms with Gasteiger partial charge in [0.05, 0.1) is 5.92 Å². The Kier molecular flexibility index (Phi) is 5.52. The maximum absolute atomic E-state index is 12.3. The summed E-state index contributed by atoms with van der Waals surface area (Å²) < 4.78 is 5.44. The Labute approximate surface area is 142 Å². The van der Waals surface area contributed by atoms with Gasteiger partial charge in [0.25, 0.3) is 5.91 Å². The largest absolute Gasteiger partial charge is 0.350 e. The number of amides is 3. The maximum Gasteiger partial charge on any atom is 0.317 e. The molecule has 3 amide bonds. The SMILES string of the molecule is CNC(=O)N1CCC2=CC(C(=O)NOC3CCCCO3)CC=C2C1. The van der Waals surface area contributed by atoms with Crippen molar-refractivity contribution < 1.29 is 19.2 Å². The fourth-order valence-corrected chi connectivity index (χ4v) is 3.29. The fraction of sp³-hybridized carbons (Fsp3) is 0.647. The Morgan fingerprint density at radius 2 is 2.21 bits per heavy atom. The molecular formula is C17H25N3O4. The van der Waals surface area contributed by atoms with E-state index in [0.717, 1.165) is 36.8 Å². The third-order valence-electron chi connectivity index (χ3n) is 4.71. The van der Waals surface area contributed by atoms with E-state index in [9.17, 15) is 9.59 Å². The number of hydrogen-bond acceptors (Lipinski definition) is 4. The van der Waals surface area contributed by atoms with Crippen LogP contribution in [0.1, 0.15) is 32.1 Å². The molecule has 7 nitrogen and oxygen atoms in total. The van der Waals surface area contributed by atoms with Crippen LogP contribution in [0, 0.1) is 5.92 Å². The van der Waals surface area contributed by atoms with Crippen LogP contribution in [-0.2, 0) is 14.4 Å². The topological polar surface area (TPSA) is 79.9 Å². The van der Waals surface area contributed by atoms with Crippen LogP contribution in [-0.4, -0.2) is 49.9 Å². The average molecular weight is 335 g/mol. The van der Waals surface area contributed by atoms with E-state index >= 15 is 0 Å². The van der Waals surface area contributed by atoms with Gasteiger partial charge in [-0.2, -0.15) is 0 Å². The smallest absolute Gasteiger partial charge is 0.317 e. The number of hydroxylamine groups is 1. The average Bonchev–Trinajstić information content (AvgIpc) is 2.65. The third-order valence-corrected chi connectivity index (χ3v) is 4.71. The van der Waals surface area contributed by atoms with Crippen LogP contribution in [0.2, 0.25) is 0 Å². The lowest BCUT2D eigenvalue weighted by atomic mass is 9.86. The predicted octanol–water partition coefficient (Wildman–Crippen LogP) is 1.48. The van der Waals surface area contributed by atoms with Gasteiger partial charge in [-0.05, 0) is 36.8 Å². The molecule has 0 radical (unpaired) electrons. The van der Waals surface area contributed by atoms with Crippen LogP contribution in [0.25, 0.3) is 0 Å². The van der Waals surface area contributed by atoms with Gasteiger partial charge >= 0.3 is 6.03 Å². The van der Waals surface area contributed by atoms with E-state index in [2.05, 4.69) is 16.9 Å². The monoisotopic (exact) mass is 335 g/mol. The van der Waals surface area contributed by atoms with Crippen molar-refractivity contribution >= 4 is 11.9 Å². The standard InChI is InChI=1S/C17H25N3O4/c1-18-17(22)20-8-7-12-10-13(5-6-14(12)11-20)16(21)19-24-15-4-2-3-9-23-15/h6,10,13,15H,2-5,7-9,11H2,1H3,(H,18,22)(H,19,21). The van der Waals surface area contributed by atoms with Gasteiger partial charge in [0, 0.05) is 33.2 Å². The summed E-state index contributed by atoms with van der Waals surface area (Å²) in [5, 5.41) is 2.65. The van der Waals surface area contributed by atoms with Crippen LogP contribution < -0.4 is 10.8 Å². The molecule has 7 heteroatoms. The first kappa shape index (κ1) is 17.0. The first-order valence-corrected chi connectivity index (χ1v) is 8.61. The number of urea groups is 1. The van der Waals surface area contributed by atoms with Gasteiger partial charge in [-0.1, -0.05) is 12.2 Å². The molecule has 0 spiro atoms. The van der Waals surface area contributed by atoms with Crippen LogP contribution >= 0.6 is 0 Å². The number of allylic oxidation sites excluding steroid dienone is 1. The number of nitrogens with zero attached hydrogens (tertiary/aromatic N) is 1. The lowest BCUT2D eigenvalue weighted by Gasteiger charge is -2.33. The van der Waals surface area contributed by atoms with Crippen molar-refractivity contribution in [1.82, 2.24) is 15.7 Å². The zero-order chi connectivity index (χ0) is 16.9. The highest BCUT2D eigenvalue weighted by molar-refractivity contribution is 5.80. The minimum Gasteiger partial charge on any atom is -0.350 e. The van der Waals surface area contributed by atoms with Crippen molar-refractivity contribution in [2.24, 2.45) is 5.92 Å². The van der Waals surface area contributed by atoms with Gasteiger partial charge in [0.2, 0.25) is 0 Å². The van der Waals surface area contributed by atoms with E-state index in [1.807, 2.05) is 6.08 Å². The number of carbonyl (C=O) groups excluding carboxylic acids is 2. The Morgan fingerprint density at radius 3 is 2.96 bits per heavy atom. The quantitative estimate of drug-likeness (QED) is 0.766. The normalized spacial score (nSPS) is 26.8. The summed E-state index contributed by atoms with van der Waals surface area (Å²) in [6.07, 6.45) is 8.05. The lowest BCUT2D eigenvalue weighted by Crippen LogP contribution is -2.43. The number of ether oxygens (including phenoxy) is 1. The summed E-state index contributed by atoms with van der Waals surface area (Å²) in [6, 6.07) is -0.0595. The highest BCUT2D eigenvalue weighted by Gasteiger charge is 2.28. The predicted molar refractivity (Wildman–Crippen MR) is 87.7 cm³/mol. The molecule has 2 N–H and O–H groups in total. The van der Waals surface area contributed by atoms with Gasteiger partial charge in [-0.15, -0.1) is 0 Å². The van der Waals surface area contributed by atoms with Crippen molar-refractivity contribution in [3.63, 3.8) is 0 Å². The second-order valence-corrected chi connectivity index (χ2v) is 6.37. The van der Waals surface area contributed by atoms with Gasteiger partial charge in [-0.3, -0.25) is 4.79 Å². The molecule has 0 aromatic carbocycles. The van der Waals surface area contributed by atoms with Crippen LogP contribution in [0.4, 0.5) is 4.79 Å². The van der Waals surface area contributed by atoms with Crippen molar-refractivity contribution in [3.8, 4) is 0 Å². The van der Waals surface area contributed by atoms with E-state index in [1.165, 1.54) is 0 Å².